The van der Waals surface area contributed by atoms with Crippen LogP contribution >= 0.6 is 23.2 Å². The monoisotopic (exact) mass is 327 g/mol. The van der Waals surface area contributed by atoms with Crippen molar-refractivity contribution in [1.29, 1.82) is 0 Å². The lowest BCUT2D eigenvalue weighted by molar-refractivity contribution is 0.0693. The van der Waals surface area contributed by atoms with Gasteiger partial charge in [0.2, 0.25) is 0 Å². The molecule has 0 amide bonds. The van der Waals surface area contributed by atoms with Crippen molar-refractivity contribution in [2.45, 2.75) is 6.54 Å². The number of carboxylic acids is 1. The molecule has 0 bridgehead atoms. The number of nitrogens with one attached hydrogen (secondary N) is 1. The van der Waals surface area contributed by atoms with E-state index in [2.05, 4.69) is 5.32 Å². The molecule has 0 aliphatic heterocycles. The third-order valence-electron chi connectivity index (χ3n) is 2.80. The van der Waals surface area contributed by atoms with Crippen LogP contribution in [0.2, 0.25) is 10.0 Å². The number of carbonyl (C=O) groups is 1. The molecule has 0 aliphatic rings. The van der Waals surface area contributed by atoms with Crippen molar-refractivity contribution in [1.82, 2.24) is 0 Å². The maximum atomic E-state index is 10.8. The molecule has 21 heavy (non-hydrogen) atoms. The Balaban J connectivity index is 2.17. The zero-order chi connectivity index (χ0) is 15.6. The Morgan fingerprint density at radius 3 is 2.48 bits per heavy atom. The molecular weight excluding hydrogens is 317 g/mol. The molecule has 2 rings (SSSR count). The van der Waals surface area contributed by atoms with Gasteiger partial charge in [0.15, 0.2) is 5.75 Å². The summed E-state index contributed by atoms with van der Waals surface area (Å²) in [7, 11) is 0. The Labute approximate surface area is 130 Å². The highest BCUT2D eigenvalue weighted by atomic mass is 35.5. The summed E-state index contributed by atoms with van der Waals surface area (Å²) < 4.78 is 0. The van der Waals surface area contributed by atoms with E-state index in [1.807, 2.05) is 0 Å². The van der Waals surface area contributed by atoms with Crippen LogP contribution in [0.4, 0.5) is 5.69 Å². The Hall–Kier alpha value is -2.11. The van der Waals surface area contributed by atoms with Crippen molar-refractivity contribution in [2.75, 3.05) is 5.32 Å². The molecule has 7 heteroatoms. The Morgan fingerprint density at radius 2 is 1.86 bits per heavy atom. The molecule has 5 nitrogen and oxygen atoms in total. The van der Waals surface area contributed by atoms with E-state index in [1.54, 1.807) is 6.07 Å². The molecule has 110 valence electrons. The number of halogens is 2. The normalized spacial score (nSPS) is 10.4. The first-order valence-electron chi connectivity index (χ1n) is 5.85. The molecule has 0 atom stereocenters. The van der Waals surface area contributed by atoms with E-state index in [4.69, 9.17) is 28.3 Å². The number of rotatable bonds is 4. The molecule has 0 unspecified atom stereocenters. The summed E-state index contributed by atoms with van der Waals surface area (Å²) in [5, 5.41) is 31.6. The molecule has 2 aromatic rings. The van der Waals surface area contributed by atoms with Crippen LogP contribution in [0.3, 0.4) is 0 Å². The highest BCUT2D eigenvalue weighted by Crippen LogP contribution is 2.35. The van der Waals surface area contributed by atoms with Gasteiger partial charge in [-0.1, -0.05) is 29.3 Å². The van der Waals surface area contributed by atoms with Gasteiger partial charge in [-0.2, -0.15) is 0 Å². The van der Waals surface area contributed by atoms with Gasteiger partial charge in [0, 0.05) is 11.6 Å². The van der Waals surface area contributed by atoms with Crippen LogP contribution in [0, 0.1) is 0 Å². The van der Waals surface area contributed by atoms with Crippen LogP contribution in [0.5, 0.6) is 11.5 Å². The van der Waals surface area contributed by atoms with E-state index in [9.17, 15) is 15.0 Å². The van der Waals surface area contributed by atoms with Gasteiger partial charge in [-0.05, 0) is 29.8 Å². The third-order valence-corrected chi connectivity index (χ3v) is 3.31. The van der Waals surface area contributed by atoms with E-state index in [0.717, 1.165) is 0 Å². The largest absolute Gasteiger partial charge is 0.507 e. The first kappa shape index (κ1) is 15.3. The Kier molecular flexibility index (Phi) is 4.45. The van der Waals surface area contributed by atoms with Gasteiger partial charge in [0.25, 0.3) is 0 Å². The predicted molar refractivity (Wildman–Crippen MR) is 80.5 cm³/mol. The van der Waals surface area contributed by atoms with Gasteiger partial charge < -0.3 is 20.6 Å². The van der Waals surface area contributed by atoms with Crippen LogP contribution in [-0.4, -0.2) is 21.3 Å². The van der Waals surface area contributed by atoms with Gasteiger partial charge >= 0.3 is 5.97 Å². The number of aromatic hydroxyl groups is 2. The van der Waals surface area contributed by atoms with Crippen LogP contribution in [0.25, 0.3) is 0 Å². The van der Waals surface area contributed by atoms with Crippen molar-refractivity contribution < 1.29 is 20.1 Å². The first-order chi connectivity index (χ1) is 9.88. The number of aromatic carboxylic acids is 1. The summed E-state index contributed by atoms with van der Waals surface area (Å²) in [6.07, 6.45) is 0. The molecule has 0 spiro atoms. The summed E-state index contributed by atoms with van der Waals surface area (Å²) in [4.78, 5) is 10.8. The summed E-state index contributed by atoms with van der Waals surface area (Å²) >= 11 is 11.6. The molecule has 0 fully saturated rings. The van der Waals surface area contributed by atoms with Crippen molar-refractivity contribution in [3.8, 4) is 11.5 Å². The van der Waals surface area contributed by atoms with E-state index in [-0.39, 0.29) is 28.6 Å². The second-order valence-electron chi connectivity index (χ2n) is 4.29. The first-order valence-corrected chi connectivity index (χ1v) is 6.61. The molecule has 4 N–H and O–H groups in total. The standard InChI is InChI=1S/C14H11Cl2NO4/c15-8-4-10(16)13(19)11(5-8)17-6-7-1-2-9(14(20)21)12(18)3-7/h1-5,17-19H,6H2,(H,20,21). The quantitative estimate of drug-likeness (QED) is 0.642. The van der Waals surface area contributed by atoms with Gasteiger partial charge in [0.1, 0.15) is 11.3 Å². The number of phenolic OH excluding ortho intramolecular Hbond substituents is 1. The number of hydrogen-bond donors (Lipinski definition) is 4. The van der Waals surface area contributed by atoms with Crippen LogP contribution in [-0.2, 0) is 6.54 Å². The van der Waals surface area contributed by atoms with Crippen molar-refractivity contribution in [3.05, 3.63) is 51.5 Å². The fourth-order valence-electron chi connectivity index (χ4n) is 1.77. The van der Waals surface area contributed by atoms with Crippen LogP contribution in [0.1, 0.15) is 15.9 Å². The minimum atomic E-state index is -1.20. The summed E-state index contributed by atoms with van der Waals surface area (Å²) in [5.74, 6) is -1.66. The lowest BCUT2D eigenvalue weighted by Gasteiger charge is -2.11. The number of carboxylic acid groups (broad SMARTS) is 1. The lowest BCUT2D eigenvalue weighted by Crippen LogP contribution is -2.02. The van der Waals surface area contributed by atoms with Gasteiger partial charge in [-0.3, -0.25) is 0 Å². The summed E-state index contributed by atoms with van der Waals surface area (Å²) in [6.45, 7) is 0.248. The highest BCUT2D eigenvalue weighted by molar-refractivity contribution is 6.36. The molecule has 0 heterocycles. The fraction of sp³-hybridized carbons (Fsp3) is 0.0714. The van der Waals surface area contributed by atoms with E-state index in [1.165, 1.54) is 24.3 Å². The fourth-order valence-corrected chi connectivity index (χ4v) is 2.26. The SMILES string of the molecule is O=C(O)c1ccc(CNc2cc(Cl)cc(Cl)c2O)cc1O. The number of benzene rings is 2. The van der Waals surface area contributed by atoms with Crippen LogP contribution < -0.4 is 5.32 Å². The highest BCUT2D eigenvalue weighted by Gasteiger charge is 2.11. The molecule has 0 saturated carbocycles. The maximum Gasteiger partial charge on any atom is 0.339 e. The molecule has 0 saturated heterocycles. The van der Waals surface area contributed by atoms with E-state index < -0.39 is 5.97 Å². The molecule has 0 aliphatic carbocycles. The Morgan fingerprint density at radius 1 is 1.14 bits per heavy atom. The summed E-state index contributed by atoms with van der Waals surface area (Å²) in [6, 6.07) is 7.11. The second kappa shape index (κ2) is 6.11. The maximum absolute atomic E-state index is 10.8. The predicted octanol–water partition coefficient (Wildman–Crippen LogP) is 3.71. The Bertz CT molecular complexity index is 704. The smallest absolute Gasteiger partial charge is 0.339 e. The summed E-state index contributed by atoms with van der Waals surface area (Å²) in [5.41, 5.74) is 0.801. The van der Waals surface area contributed by atoms with E-state index in [0.29, 0.717) is 16.3 Å². The second-order valence-corrected chi connectivity index (χ2v) is 5.14. The van der Waals surface area contributed by atoms with Crippen molar-refractivity contribution in [3.63, 3.8) is 0 Å². The minimum Gasteiger partial charge on any atom is -0.507 e. The van der Waals surface area contributed by atoms with Crippen molar-refractivity contribution >= 4 is 34.9 Å². The van der Waals surface area contributed by atoms with Gasteiger partial charge in [-0.15, -0.1) is 0 Å². The molecule has 2 aromatic carbocycles. The zero-order valence-electron chi connectivity index (χ0n) is 10.6. The molecule has 0 aromatic heterocycles. The third kappa shape index (κ3) is 3.51. The average Bonchev–Trinajstić information content (AvgIpc) is 2.40. The zero-order valence-corrected chi connectivity index (χ0v) is 12.1. The number of anilines is 1. The number of phenols is 2. The van der Waals surface area contributed by atoms with E-state index >= 15 is 0 Å². The topological polar surface area (TPSA) is 89.8 Å². The van der Waals surface area contributed by atoms with Crippen molar-refractivity contribution in [2.24, 2.45) is 0 Å². The minimum absolute atomic E-state index is 0.120. The lowest BCUT2D eigenvalue weighted by atomic mass is 10.1. The molecular formula is C14H11Cl2NO4. The molecule has 0 radical (unpaired) electrons. The van der Waals surface area contributed by atoms with Gasteiger partial charge in [-0.25, -0.2) is 4.79 Å². The number of hydrogen-bond acceptors (Lipinski definition) is 4. The average molecular weight is 328 g/mol. The van der Waals surface area contributed by atoms with Crippen LogP contribution in [0.15, 0.2) is 30.3 Å². The van der Waals surface area contributed by atoms with Gasteiger partial charge in [0.05, 0.1) is 10.7 Å².